The SMILES string of the molecule is CC(Nc1nc(NC2(C(F)(F)F)CC2)c2nc(-c3cnc(NC4CC4)c(F)c3)ccc2n1)c1ccc(-n2cncn2)cc1. The molecular formula is C29H26F4N10. The van der Waals surface area contributed by atoms with Crippen LogP contribution < -0.4 is 16.0 Å². The quantitative estimate of drug-likeness (QED) is 0.176. The molecule has 1 aromatic carbocycles. The van der Waals surface area contributed by atoms with Gasteiger partial charge in [-0.15, -0.1) is 0 Å². The van der Waals surface area contributed by atoms with E-state index in [-0.39, 0.29) is 48.0 Å². The van der Waals surface area contributed by atoms with Crippen molar-refractivity contribution in [1.82, 2.24) is 34.7 Å². The molecule has 0 amide bonds. The first-order chi connectivity index (χ1) is 20.7. The van der Waals surface area contributed by atoms with Crippen LogP contribution in [0.1, 0.15) is 44.2 Å². The van der Waals surface area contributed by atoms with Crippen LogP contribution in [0.15, 0.2) is 61.3 Å². The Balaban J connectivity index is 1.21. The number of aromatic nitrogens is 7. The molecule has 3 N–H and O–H groups in total. The normalized spacial score (nSPS) is 16.6. The average Bonchev–Trinajstić information content (AvgIpc) is 3.91. The Labute approximate surface area is 243 Å². The van der Waals surface area contributed by atoms with Crippen molar-refractivity contribution in [2.45, 2.75) is 56.4 Å². The first-order valence-corrected chi connectivity index (χ1v) is 13.9. The highest BCUT2D eigenvalue weighted by molar-refractivity contribution is 5.89. The predicted octanol–water partition coefficient (Wildman–Crippen LogP) is 6.06. The molecule has 10 nitrogen and oxygen atoms in total. The lowest BCUT2D eigenvalue weighted by Crippen LogP contribution is -2.39. The molecule has 0 radical (unpaired) electrons. The molecular weight excluding hydrogens is 564 g/mol. The summed E-state index contributed by atoms with van der Waals surface area (Å²) in [5, 5.41) is 13.0. The maximum absolute atomic E-state index is 14.8. The van der Waals surface area contributed by atoms with Gasteiger partial charge in [0.15, 0.2) is 17.5 Å². The van der Waals surface area contributed by atoms with Crippen molar-refractivity contribution >= 4 is 28.6 Å². The number of pyridine rings is 2. The molecule has 14 heteroatoms. The van der Waals surface area contributed by atoms with Crippen molar-refractivity contribution < 1.29 is 17.6 Å². The van der Waals surface area contributed by atoms with E-state index < -0.39 is 17.5 Å². The van der Waals surface area contributed by atoms with Crippen LogP contribution in [-0.4, -0.2) is 52.5 Å². The lowest BCUT2D eigenvalue weighted by molar-refractivity contribution is -0.151. The zero-order chi connectivity index (χ0) is 29.8. The predicted molar refractivity (Wildman–Crippen MR) is 152 cm³/mol. The van der Waals surface area contributed by atoms with Gasteiger partial charge in [-0.05, 0) is 68.5 Å². The maximum atomic E-state index is 14.8. The fraction of sp³-hybridized carbons (Fsp3) is 0.310. The average molecular weight is 591 g/mol. The van der Waals surface area contributed by atoms with E-state index in [1.54, 1.807) is 23.1 Å². The Bertz CT molecular complexity index is 1780. The van der Waals surface area contributed by atoms with Crippen LogP contribution in [0.5, 0.6) is 0 Å². The zero-order valence-corrected chi connectivity index (χ0v) is 22.9. The molecule has 1 atom stereocenters. The van der Waals surface area contributed by atoms with E-state index in [4.69, 9.17) is 0 Å². The van der Waals surface area contributed by atoms with Crippen molar-refractivity contribution in [3.8, 4) is 16.9 Å². The highest BCUT2D eigenvalue weighted by Gasteiger charge is 2.64. The molecule has 7 rings (SSSR count). The largest absolute Gasteiger partial charge is 0.411 e. The van der Waals surface area contributed by atoms with E-state index in [1.165, 1.54) is 18.6 Å². The molecule has 220 valence electrons. The van der Waals surface area contributed by atoms with E-state index in [2.05, 4.69) is 46.0 Å². The zero-order valence-electron chi connectivity index (χ0n) is 22.9. The fourth-order valence-corrected chi connectivity index (χ4v) is 4.80. The molecule has 0 bridgehead atoms. The third kappa shape index (κ3) is 5.40. The lowest BCUT2D eigenvalue weighted by atomic mass is 10.1. The minimum Gasteiger partial charge on any atom is -0.365 e. The molecule has 0 saturated heterocycles. The Hall–Kier alpha value is -4.88. The minimum atomic E-state index is -4.48. The Morgan fingerprint density at radius 3 is 2.44 bits per heavy atom. The summed E-state index contributed by atoms with van der Waals surface area (Å²) in [5.41, 5.74) is 0.833. The van der Waals surface area contributed by atoms with Crippen molar-refractivity contribution in [3.63, 3.8) is 0 Å². The van der Waals surface area contributed by atoms with Crippen LogP contribution in [0.4, 0.5) is 35.1 Å². The van der Waals surface area contributed by atoms with Gasteiger partial charge in [-0.2, -0.15) is 23.3 Å². The second kappa shape index (κ2) is 10.1. The number of alkyl halides is 3. The van der Waals surface area contributed by atoms with Gasteiger partial charge in [-0.1, -0.05) is 12.1 Å². The van der Waals surface area contributed by atoms with Crippen LogP contribution in [0.2, 0.25) is 0 Å². The molecule has 2 aliphatic rings. The summed E-state index contributed by atoms with van der Waals surface area (Å²) in [6, 6.07) is 12.1. The van der Waals surface area contributed by atoms with E-state index in [0.717, 1.165) is 24.1 Å². The van der Waals surface area contributed by atoms with Gasteiger partial charge < -0.3 is 16.0 Å². The summed E-state index contributed by atoms with van der Waals surface area (Å²) in [4.78, 5) is 21.7. The number of hydrogen-bond donors (Lipinski definition) is 3. The summed E-state index contributed by atoms with van der Waals surface area (Å²) in [7, 11) is 0. The third-order valence-corrected chi connectivity index (χ3v) is 7.67. The van der Waals surface area contributed by atoms with Gasteiger partial charge in [-0.3, -0.25) is 0 Å². The van der Waals surface area contributed by atoms with Gasteiger partial charge in [-0.25, -0.2) is 29.0 Å². The third-order valence-electron chi connectivity index (χ3n) is 7.67. The van der Waals surface area contributed by atoms with Crippen molar-refractivity contribution in [3.05, 3.63) is 72.7 Å². The van der Waals surface area contributed by atoms with E-state index in [1.807, 2.05) is 31.2 Å². The van der Waals surface area contributed by atoms with Crippen LogP contribution >= 0.6 is 0 Å². The fourth-order valence-electron chi connectivity index (χ4n) is 4.80. The molecule has 2 fully saturated rings. The monoisotopic (exact) mass is 590 g/mol. The summed E-state index contributed by atoms with van der Waals surface area (Å²) >= 11 is 0. The number of halogens is 4. The van der Waals surface area contributed by atoms with Gasteiger partial charge >= 0.3 is 6.18 Å². The summed E-state index contributed by atoms with van der Waals surface area (Å²) < 4.78 is 58.3. The summed E-state index contributed by atoms with van der Waals surface area (Å²) in [6.07, 6.45) is 1.82. The van der Waals surface area contributed by atoms with Gasteiger partial charge in [0, 0.05) is 17.8 Å². The summed E-state index contributed by atoms with van der Waals surface area (Å²) in [6.45, 7) is 1.90. The van der Waals surface area contributed by atoms with Gasteiger partial charge in [0.2, 0.25) is 5.95 Å². The Morgan fingerprint density at radius 1 is 1.00 bits per heavy atom. The van der Waals surface area contributed by atoms with E-state index >= 15 is 0 Å². The van der Waals surface area contributed by atoms with Crippen LogP contribution in [0.3, 0.4) is 0 Å². The van der Waals surface area contributed by atoms with Gasteiger partial charge in [0.1, 0.15) is 23.7 Å². The second-order valence-corrected chi connectivity index (χ2v) is 10.9. The molecule has 0 aliphatic heterocycles. The number of nitrogens with one attached hydrogen (secondary N) is 3. The molecule has 4 aromatic heterocycles. The Kier molecular flexibility index (Phi) is 6.36. The number of hydrogen-bond acceptors (Lipinski definition) is 9. The van der Waals surface area contributed by atoms with Crippen LogP contribution in [-0.2, 0) is 0 Å². The second-order valence-electron chi connectivity index (χ2n) is 10.9. The minimum absolute atomic E-state index is 0.0571. The van der Waals surface area contributed by atoms with Gasteiger partial charge in [0.25, 0.3) is 0 Å². The van der Waals surface area contributed by atoms with Crippen molar-refractivity contribution in [2.75, 3.05) is 16.0 Å². The van der Waals surface area contributed by atoms with Crippen LogP contribution in [0.25, 0.3) is 28.0 Å². The molecule has 2 saturated carbocycles. The number of nitrogens with zero attached hydrogens (tertiary/aromatic N) is 7. The number of benzene rings is 1. The molecule has 0 spiro atoms. The smallest absolute Gasteiger partial charge is 0.365 e. The highest BCUT2D eigenvalue weighted by atomic mass is 19.4. The standard InChI is InChI=1S/C29H26F4N10/c1-16(17-2-6-20(7-3-17)43-15-34-14-36-43)37-27-40-23-9-8-22(18-12-21(30)25(35-13-18)38-19-4-5-19)39-24(23)26(41-27)42-28(10-11-28)29(31,32)33/h2-3,6-9,12-16,19H,4-5,10-11H2,1H3,(H,35,38)(H2,37,40,41,42). The first-order valence-electron chi connectivity index (χ1n) is 13.9. The summed E-state index contributed by atoms with van der Waals surface area (Å²) in [5.74, 6) is -0.286. The molecule has 2 aliphatic carbocycles. The van der Waals surface area contributed by atoms with E-state index in [0.29, 0.717) is 16.8 Å². The molecule has 5 aromatic rings. The molecule has 1 unspecified atom stereocenters. The van der Waals surface area contributed by atoms with E-state index in [9.17, 15) is 17.6 Å². The first kappa shape index (κ1) is 27.0. The van der Waals surface area contributed by atoms with Crippen molar-refractivity contribution in [2.24, 2.45) is 0 Å². The maximum Gasteiger partial charge on any atom is 0.411 e. The molecule has 4 heterocycles. The van der Waals surface area contributed by atoms with Gasteiger partial charge in [0.05, 0.1) is 22.9 Å². The van der Waals surface area contributed by atoms with Crippen LogP contribution in [0, 0.1) is 5.82 Å². The highest BCUT2D eigenvalue weighted by Crippen LogP contribution is 2.51. The lowest BCUT2D eigenvalue weighted by Gasteiger charge is -2.23. The van der Waals surface area contributed by atoms with Crippen molar-refractivity contribution in [1.29, 1.82) is 0 Å². The topological polar surface area (TPSA) is 118 Å². The Morgan fingerprint density at radius 2 is 1.79 bits per heavy atom. The number of anilines is 3. The number of fused-ring (bicyclic) bond motifs is 1. The molecule has 43 heavy (non-hydrogen) atoms. The number of rotatable bonds is 9.